The van der Waals surface area contributed by atoms with Crippen LogP contribution in [0.15, 0.2) is 24.3 Å². The van der Waals surface area contributed by atoms with Crippen molar-refractivity contribution in [3.05, 3.63) is 45.4 Å². The normalized spacial score (nSPS) is 15.1. The Labute approximate surface area is 149 Å². The van der Waals surface area contributed by atoms with Crippen molar-refractivity contribution in [2.45, 2.75) is 19.4 Å². The van der Waals surface area contributed by atoms with E-state index in [1.165, 1.54) is 21.9 Å². The zero-order valence-electron chi connectivity index (χ0n) is 13.0. The Balaban J connectivity index is 1.66. The summed E-state index contributed by atoms with van der Waals surface area (Å²) in [4.78, 5) is 17.4. The highest BCUT2D eigenvalue weighted by atomic mass is 35.5. The van der Waals surface area contributed by atoms with E-state index in [4.69, 9.17) is 11.6 Å². The van der Waals surface area contributed by atoms with Gasteiger partial charge in [-0.25, -0.2) is 13.4 Å². The van der Waals surface area contributed by atoms with Gasteiger partial charge in [0, 0.05) is 29.4 Å². The van der Waals surface area contributed by atoms with E-state index in [0.717, 1.165) is 16.1 Å². The highest BCUT2D eigenvalue weighted by molar-refractivity contribution is 7.88. The molecular formula is C15H16ClN3O3S2. The molecular weight excluding hydrogens is 370 g/mol. The molecule has 0 fully saturated rings. The summed E-state index contributed by atoms with van der Waals surface area (Å²) in [5.74, 6) is -0.164. The van der Waals surface area contributed by atoms with Gasteiger partial charge in [0.2, 0.25) is 15.9 Å². The summed E-state index contributed by atoms with van der Waals surface area (Å²) >= 11 is 7.15. The number of hydrogen-bond donors (Lipinski definition) is 1. The van der Waals surface area contributed by atoms with Crippen molar-refractivity contribution in [1.82, 2.24) is 9.29 Å². The van der Waals surface area contributed by atoms with Crippen LogP contribution in [0.3, 0.4) is 0 Å². The number of fused-ring (bicyclic) bond motifs is 1. The third kappa shape index (κ3) is 4.13. The van der Waals surface area contributed by atoms with E-state index in [0.29, 0.717) is 29.7 Å². The molecule has 1 N–H and O–H groups in total. The molecule has 0 spiro atoms. The molecule has 0 saturated carbocycles. The number of anilines is 1. The fourth-order valence-electron chi connectivity index (χ4n) is 2.46. The first-order valence-corrected chi connectivity index (χ1v) is 10.3. The van der Waals surface area contributed by atoms with Crippen molar-refractivity contribution < 1.29 is 13.2 Å². The molecule has 3 rings (SSSR count). The molecule has 0 unspecified atom stereocenters. The SMILES string of the molecule is CS(=O)(=O)N1CCc2nc(NC(=O)Cc3ccc(Cl)cc3)sc2C1. The lowest BCUT2D eigenvalue weighted by molar-refractivity contribution is -0.115. The molecule has 0 bridgehead atoms. The maximum absolute atomic E-state index is 12.1. The van der Waals surface area contributed by atoms with Gasteiger partial charge in [-0.05, 0) is 17.7 Å². The highest BCUT2D eigenvalue weighted by Crippen LogP contribution is 2.29. The fraction of sp³-hybridized carbons (Fsp3) is 0.333. The van der Waals surface area contributed by atoms with Crippen LogP contribution in [0.1, 0.15) is 16.1 Å². The van der Waals surface area contributed by atoms with Gasteiger partial charge in [0.1, 0.15) is 0 Å². The van der Waals surface area contributed by atoms with Gasteiger partial charge < -0.3 is 5.32 Å². The van der Waals surface area contributed by atoms with Crippen LogP contribution in [0.2, 0.25) is 5.02 Å². The summed E-state index contributed by atoms with van der Waals surface area (Å²) < 4.78 is 24.7. The predicted octanol–water partition coefficient (Wildman–Crippen LogP) is 2.30. The average molecular weight is 386 g/mol. The lowest BCUT2D eigenvalue weighted by atomic mass is 10.1. The third-order valence-corrected chi connectivity index (χ3v) is 6.19. The summed E-state index contributed by atoms with van der Waals surface area (Å²) in [7, 11) is -3.21. The maximum Gasteiger partial charge on any atom is 0.230 e. The van der Waals surface area contributed by atoms with Crippen molar-refractivity contribution in [1.29, 1.82) is 0 Å². The van der Waals surface area contributed by atoms with Crippen molar-refractivity contribution >= 4 is 44.0 Å². The monoisotopic (exact) mass is 385 g/mol. The average Bonchev–Trinajstić information content (AvgIpc) is 2.89. The molecule has 1 aliphatic heterocycles. The van der Waals surface area contributed by atoms with E-state index in [9.17, 15) is 13.2 Å². The number of rotatable bonds is 4. The van der Waals surface area contributed by atoms with Crippen LogP contribution in [0.5, 0.6) is 0 Å². The molecule has 6 nitrogen and oxygen atoms in total. The van der Waals surface area contributed by atoms with Gasteiger partial charge >= 0.3 is 0 Å². The zero-order valence-corrected chi connectivity index (χ0v) is 15.3. The quantitative estimate of drug-likeness (QED) is 0.875. The van der Waals surface area contributed by atoms with Crippen LogP contribution in [-0.2, 0) is 34.2 Å². The van der Waals surface area contributed by atoms with Crippen LogP contribution < -0.4 is 5.32 Å². The van der Waals surface area contributed by atoms with E-state index < -0.39 is 10.0 Å². The minimum absolute atomic E-state index is 0.164. The first-order chi connectivity index (χ1) is 11.3. The van der Waals surface area contributed by atoms with Crippen LogP contribution in [0, 0.1) is 0 Å². The van der Waals surface area contributed by atoms with Crippen molar-refractivity contribution in [3.8, 4) is 0 Å². The molecule has 2 aromatic rings. The lowest BCUT2D eigenvalue weighted by Crippen LogP contribution is -2.34. The lowest BCUT2D eigenvalue weighted by Gasteiger charge is -2.23. The number of sulfonamides is 1. The van der Waals surface area contributed by atoms with Gasteiger partial charge in [0.15, 0.2) is 5.13 Å². The number of aromatic nitrogens is 1. The summed E-state index contributed by atoms with van der Waals surface area (Å²) in [6.07, 6.45) is 2.00. The van der Waals surface area contributed by atoms with E-state index in [2.05, 4.69) is 10.3 Å². The molecule has 2 heterocycles. The molecule has 128 valence electrons. The standard InChI is InChI=1S/C15H16ClN3O3S2/c1-24(21,22)19-7-6-12-13(9-19)23-15(17-12)18-14(20)8-10-2-4-11(16)5-3-10/h2-5H,6-9H2,1H3,(H,17,18,20). The van der Waals surface area contributed by atoms with Crippen molar-refractivity contribution in [2.24, 2.45) is 0 Å². The van der Waals surface area contributed by atoms with Crippen LogP contribution in [0.25, 0.3) is 0 Å². The number of amides is 1. The largest absolute Gasteiger partial charge is 0.302 e. The number of nitrogens with zero attached hydrogens (tertiary/aromatic N) is 2. The second kappa shape index (κ2) is 6.79. The number of carbonyl (C=O) groups is 1. The molecule has 1 amide bonds. The van der Waals surface area contributed by atoms with Crippen LogP contribution in [-0.4, -0.2) is 36.4 Å². The van der Waals surface area contributed by atoms with Crippen molar-refractivity contribution in [2.75, 3.05) is 18.1 Å². The highest BCUT2D eigenvalue weighted by Gasteiger charge is 2.26. The number of benzene rings is 1. The predicted molar refractivity (Wildman–Crippen MR) is 94.9 cm³/mol. The van der Waals surface area contributed by atoms with E-state index in [-0.39, 0.29) is 12.3 Å². The Hall–Kier alpha value is -1.48. The van der Waals surface area contributed by atoms with Gasteiger partial charge in [-0.1, -0.05) is 23.7 Å². The Morgan fingerprint density at radius 3 is 2.75 bits per heavy atom. The van der Waals surface area contributed by atoms with Crippen LogP contribution in [0.4, 0.5) is 5.13 Å². The summed E-state index contributed by atoms with van der Waals surface area (Å²) in [6, 6.07) is 7.09. The van der Waals surface area contributed by atoms with Gasteiger partial charge in [-0.3, -0.25) is 4.79 Å². The molecule has 9 heteroatoms. The smallest absolute Gasteiger partial charge is 0.230 e. The van der Waals surface area contributed by atoms with Gasteiger partial charge in [0.25, 0.3) is 0 Å². The minimum atomic E-state index is -3.21. The Kier molecular flexibility index (Phi) is 4.91. The van der Waals surface area contributed by atoms with E-state index in [1.807, 2.05) is 0 Å². The second-order valence-corrected chi connectivity index (χ2v) is 9.09. The molecule has 0 radical (unpaired) electrons. The van der Waals surface area contributed by atoms with E-state index >= 15 is 0 Å². The molecule has 1 aromatic heterocycles. The summed E-state index contributed by atoms with van der Waals surface area (Å²) in [5, 5.41) is 3.92. The third-order valence-electron chi connectivity index (χ3n) is 3.69. The zero-order chi connectivity index (χ0) is 17.3. The van der Waals surface area contributed by atoms with Gasteiger partial charge in [-0.2, -0.15) is 4.31 Å². The first kappa shape index (κ1) is 17.3. The van der Waals surface area contributed by atoms with Gasteiger partial charge in [-0.15, -0.1) is 11.3 Å². The maximum atomic E-state index is 12.1. The molecule has 0 aliphatic carbocycles. The number of halogens is 1. The van der Waals surface area contributed by atoms with Gasteiger partial charge in [0.05, 0.1) is 18.4 Å². The molecule has 1 aliphatic rings. The number of hydrogen-bond acceptors (Lipinski definition) is 5. The first-order valence-electron chi connectivity index (χ1n) is 7.29. The molecule has 0 saturated heterocycles. The van der Waals surface area contributed by atoms with Crippen molar-refractivity contribution in [3.63, 3.8) is 0 Å². The topological polar surface area (TPSA) is 79.4 Å². The Bertz CT molecular complexity index is 863. The second-order valence-electron chi connectivity index (χ2n) is 5.59. The Morgan fingerprint density at radius 1 is 1.38 bits per heavy atom. The molecule has 1 aromatic carbocycles. The minimum Gasteiger partial charge on any atom is -0.302 e. The fourth-order valence-corrected chi connectivity index (χ4v) is 4.49. The van der Waals surface area contributed by atoms with E-state index in [1.54, 1.807) is 24.3 Å². The summed E-state index contributed by atoms with van der Waals surface area (Å²) in [6.45, 7) is 0.743. The van der Waals surface area contributed by atoms with Crippen LogP contribution >= 0.6 is 22.9 Å². The Morgan fingerprint density at radius 2 is 2.08 bits per heavy atom. The number of thiazole rings is 1. The molecule has 24 heavy (non-hydrogen) atoms. The summed E-state index contributed by atoms with van der Waals surface area (Å²) in [5.41, 5.74) is 1.73. The number of carbonyl (C=O) groups excluding carboxylic acids is 1. The number of nitrogens with one attached hydrogen (secondary N) is 1. The molecule has 0 atom stereocenters.